The number of rotatable bonds is 5. The van der Waals surface area contributed by atoms with Crippen molar-refractivity contribution >= 4 is 11.9 Å². The van der Waals surface area contributed by atoms with Crippen LogP contribution in [0.4, 0.5) is 0 Å². The summed E-state index contributed by atoms with van der Waals surface area (Å²) in [5.41, 5.74) is 5.51. The predicted molar refractivity (Wildman–Crippen MR) is 75.0 cm³/mol. The molecular weight excluding hydrogens is 272 g/mol. The Morgan fingerprint density at radius 1 is 1.29 bits per heavy atom. The fourth-order valence-electron chi connectivity index (χ4n) is 2.59. The smallest absolute Gasteiger partial charge is 0.324 e. The van der Waals surface area contributed by atoms with Crippen molar-refractivity contribution in [1.82, 2.24) is 20.8 Å². The highest BCUT2D eigenvalue weighted by molar-refractivity contribution is 5.91. The lowest BCUT2D eigenvalue weighted by Crippen LogP contribution is -2.52. The van der Waals surface area contributed by atoms with E-state index in [0.29, 0.717) is 0 Å². The minimum absolute atomic E-state index is 0.174. The van der Waals surface area contributed by atoms with Gasteiger partial charge in [-0.15, -0.1) is 0 Å². The van der Waals surface area contributed by atoms with E-state index >= 15 is 0 Å². The minimum atomic E-state index is -0.532. The Labute approximate surface area is 123 Å². The molecule has 1 amide bonds. The van der Waals surface area contributed by atoms with E-state index in [1.807, 2.05) is 0 Å². The number of ether oxygens (including phenoxy) is 1. The topological polar surface area (TPSA) is 93.2 Å². The number of hydrogen-bond acceptors (Lipinski definition) is 6. The van der Waals surface area contributed by atoms with Crippen LogP contribution >= 0.6 is 0 Å². The summed E-state index contributed by atoms with van der Waals surface area (Å²) in [4.78, 5) is 31.5. The molecule has 1 heterocycles. The maximum atomic E-state index is 11.9. The number of nitrogens with zero attached hydrogens (tertiary/aromatic N) is 2. The molecule has 0 bridgehead atoms. The van der Waals surface area contributed by atoms with Gasteiger partial charge in [0, 0.05) is 12.4 Å². The van der Waals surface area contributed by atoms with Crippen LogP contribution in [-0.4, -0.2) is 35.0 Å². The number of carbonyl (C=O) groups is 2. The van der Waals surface area contributed by atoms with Crippen LogP contribution in [0, 0.1) is 5.92 Å². The van der Waals surface area contributed by atoms with Gasteiger partial charge in [-0.1, -0.05) is 19.3 Å². The first-order chi connectivity index (χ1) is 10.2. The molecule has 114 valence electrons. The molecule has 0 saturated heterocycles. The molecule has 2 N–H and O–H groups in total. The first-order valence-corrected chi connectivity index (χ1v) is 7.12. The maximum Gasteiger partial charge on any atom is 0.324 e. The van der Waals surface area contributed by atoms with E-state index in [4.69, 9.17) is 4.74 Å². The molecule has 7 nitrogen and oxygen atoms in total. The van der Waals surface area contributed by atoms with Gasteiger partial charge in [0.1, 0.15) is 11.7 Å². The summed E-state index contributed by atoms with van der Waals surface area (Å²) >= 11 is 0. The van der Waals surface area contributed by atoms with Gasteiger partial charge in [0.05, 0.1) is 13.3 Å². The van der Waals surface area contributed by atoms with Gasteiger partial charge < -0.3 is 4.74 Å². The molecule has 1 aromatic rings. The minimum Gasteiger partial charge on any atom is -0.468 e. The largest absolute Gasteiger partial charge is 0.468 e. The van der Waals surface area contributed by atoms with Crippen LogP contribution in [0.3, 0.4) is 0 Å². The van der Waals surface area contributed by atoms with E-state index in [-0.39, 0.29) is 17.6 Å². The van der Waals surface area contributed by atoms with Crippen molar-refractivity contribution in [3.05, 3.63) is 24.3 Å². The number of carbonyl (C=O) groups excluding carboxylic acids is 2. The summed E-state index contributed by atoms with van der Waals surface area (Å²) in [6, 6.07) is -0.532. The number of nitrogens with one attached hydrogen (secondary N) is 2. The first kappa shape index (κ1) is 15.4. The third-order valence-corrected chi connectivity index (χ3v) is 3.71. The van der Waals surface area contributed by atoms with Gasteiger partial charge in [0.15, 0.2) is 0 Å². The molecule has 0 radical (unpaired) electrons. The van der Waals surface area contributed by atoms with E-state index in [1.54, 1.807) is 0 Å². The van der Waals surface area contributed by atoms with Gasteiger partial charge in [0.25, 0.3) is 5.91 Å². The molecule has 0 aromatic carbocycles. The number of amides is 1. The van der Waals surface area contributed by atoms with Crippen LogP contribution in [0.5, 0.6) is 0 Å². The summed E-state index contributed by atoms with van der Waals surface area (Å²) in [5.74, 6) is -0.609. The van der Waals surface area contributed by atoms with E-state index in [1.165, 1.54) is 32.1 Å². The molecule has 1 fully saturated rings. The highest BCUT2D eigenvalue weighted by Gasteiger charge is 2.30. The van der Waals surface area contributed by atoms with E-state index in [2.05, 4.69) is 20.8 Å². The van der Waals surface area contributed by atoms with Crippen molar-refractivity contribution < 1.29 is 14.3 Å². The second-order valence-electron chi connectivity index (χ2n) is 5.09. The van der Waals surface area contributed by atoms with Gasteiger partial charge in [-0.2, -0.15) is 0 Å². The van der Waals surface area contributed by atoms with Gasteiger partial charge in [-0.05, 0) is 18.8 Å². The van der Waals surface area contributed by atoms with Crippen LogP contribution in [-0.2, 0) is 9.53 Å². The van der Waals surface area contributed by atoms with Crippen molar-refractivity contribution in [2.45, 2.75) is 38.1 Å². The second kappa shape index (κ2) is 7.68. The summed E-state index contributed by atoms with van der Waals surface area (Å²) in [7, 11) is 1.35. The summed E-state index contributed by atoms with van der Waals surface area (Å²) in [6.45, 7) is 0. The molecule has 1 aliphatic rings. The van der Waals surface area contributed by atoms with Crippen molar-refractivity contribution in [2.24, 2.45) is 5.92 Å². The Balaban J connectivity index is 1.95. The third kappa shape index (κ3) is 4.22. The molecule has 1 aliphatic carbocycles. The molecule has 1 aromatic heterocycles. The second-order valence-corrected chi connectivity index (χ2v) is 5.09. The van der Waals surface area contributed by atoms with Crippen LogP contribution in [0.25, 0.3) is 0 Å². The molecule has 0 unspecified atom stereocenters. The molecule has 0 spiro atoms. The zero-order chi connectivity index (χ0) is 15.1. The van der Waals surface area contributed by atoms with E-state index in [9.17, 15) is 9.59 Å². The molecule has 7 heteroatoms. The lowest BCUT2D eigenvalue weighted by molar-refractivity contribution is -0.145. The number of hydrazine groups is 1. The van der Waals surface area contributed by atoms with Crippen molar-refractivity contribution in [1.29, 1.82) is 0 Å². The standard InChI is InChI=1S/C14H20N4O3/c1-21-14(20)12(10-5-3-2-4-6-10)17-18-13(19)11-9-15-7-8-16-11/h7-10,12,17H,2-6H2,1H3,(H,18,19)/t12-/m0/s1. The normalized spacial score (nSPS) is 17.0. The molecular formula is C14H20N4O3. The fraction of sp³-hybridized carbons (Fsp3) is 0.571. The Hall–Kier alpha value is -2.02. The van der Waals surface area contributed by atoms with Gasteiger partial charge >= 0.3 is 5.97 Å². The molecule has 0 aliphatic heterocycles. The first-order valence-electron chi connectivity index (χ1n) is 7.12. The maximum absolute atomic E-state index is 11.9. The molecule has 1 atom stereocenters. The molecule has 21 heavy (non-hydrogen) atoms. The Morgan fingerprint density at radius 3 is 2.67 bits per heavy atom. The van der Waals surface area contributed by atoms with Gasteiger partial charge in [-0.3, -0.25) is 20.0 Å². The average Bonchev–Trinajstić information content (AvgIpc) is 2.56. The highest BCUT2D eigenvalue weighted by Crippen LogP contribution is 2.26. The third-order valence-electron chi connectivity index (χ3n) is 3.71. The van der Waals surface area contributed by atoms with Crippen LogP contribution in [0.2, 0.25) is 0 Å². The zero-order valence-corrected chi connectivity index (χ0v) is 12.0. The quantitative estimate of drug-likeness (QED) is 0.617. The van der Waals surface area contributed by atoms with E-state index < -0.39 is 11.9 Å². The number of esters is 1. The predicted octanol–water partition coefficient (Wildman–Crippen LogP) is 0.833. The molecule has 2 rings (SSSR count). The van der Waals surface area contributed by atoms with E-state index in [0.717, 1.165) is 25.7 Å². The highest BCUT2D eigenvalue weighted by atomic mass is 16.5. The number of hydrogen-bond donors (Lipinski definition) is 2. The number of aromatic nitrogens is 2. The number of methoxy groups -OCH3 is 1. The Morgan fingerprint density at radius 2 is 2.05 bits per heavy atom. The Kier molecular flexibility index (Phi) is 5.62. The SMILES string of the molecule is COC(=O)[C@@H](NNC(=O)c1cnccn1)C1CCCCC1. The van der Waals surface area contributed by atoms with Crippen LogP contribution in [0.15, 0.2) is 18.6 Å². The lowest BCUT2D eigenvalue weighted by atomic mass is 9.84. The van der Waals surface area contributed by atoms with Crippen LogP contribution < -0.4 is 10.9 Å². The van der Waals surface area contributed by atoms with Crippen molar-refractivity contribution in [2.75, 3.05) is 7.11 Å². The van der Waals surface area contributed by atoms with Gasteiger partial charge in [0.2, 0.25) is 0 Å². The zero-order valence-electron chi connectivity index (χ0n) is 12.0. The lowest BCUT2D eigenvalue weighted by Gasteiger charge is -2.29. The summed E-state index contributed by atoms with van der Waals surface area (Å²) < 4.78 is 4.82. The van der Waals surface area contributed by atoms with Crippen LogP contribution in [0.1, 0.15) is 42.6 Å². The monoisotopic (exact) mass is 292 g/mol. The summed E-state index contributed by atoms with van der Waals surface area (Å²) in [5, 5.41) is 0. The van der Waals surface area contributed by atoms with Gasteiger partial charge in [-0.25, -0.2) is 10.4 Å². The fourth-order valence-corrected chi connectivity index (χ4v) is 2.59. The Bertz CT molecular complexity index is 474. The molecule has 1 saturated carbocycles. The van der Waals surface area contributed by atoms with Crippen molar-refractivity contribution in [3.8, 4) is 0 Å². The van der Waals surface area contributed by atoms with Crippen molar-refractivity contribution in [3.63, 3.8) is 0 Å². The summed E-state index contributed by atoms with van der Waals surface area (Å²) in [6.07, 6.45) is 9.58. The average molecular weight is 292 g/mol.